The van der Waals surface area contributed by atoms with E-state index < -0.39 is 11.6 Å². The lowest BCUT2D eigenvalue weighted by molar-refractivity contribution is -0.131. The molecule has 1 aliphatic rings. The Morgan fingerprint density at radius 1 is 1.11 bits per heavy atom. The van der Waals surface area contributed by atoms with Crippen LogP contribution in [0.15, 0.2) is 48.5 Å². The predicted molar refractivity (Wildman–Crippen MR) is 107 cm³/mol. The van der Waals surface area contributed by atoms with Gasteiger partial charge in [0.05, 0.1) is 18.7 Å². The van der Waals surface area contributed by atoms with E-state index in [-0.39, 0.29) is 19.1 Å². The van der Waals surface area contributed by atoms with E-state index in [1.165, 1.54) is 4.90 Å². The highest BCUT2D eigenvalue weighted by Gasteiger charge is 2.47. The standard InChI is InChI=1S/C21H23ClN2O4/c1-21(12-11-15-7-9-16(27-2)10-8-15)19(25)24(20(26)23-21)13-14-28-18-6-4-3-5-17(18)22/h3-10H,11-14H2,1-2H3,(H,23,26)/t21-/m0/s1. The molecule has 2 aromatic carbocycles. The molecule has 0 bridgehead atoms. The lowest BCUT2D eigenvalue weighted by Crippen LogP contribution is -2.44. The highest BCUT2D eigenvalue weighted by atomic mass is 35.5. The van der Waals surface area contributed by atoms with Crippen LogP contribution in [0.1, 0.15) is 18.9 Å². The average molecular weight is 403 g/mol. The number of carbonyl (C=O) groups excluding carboxylic acids is 2. The Hall–Kier alpha value is -2.73. The first-order chi connectivity index (χ1) is 13.4. The van der Waals surface area contributed by atoms with E-state index in [9.17, 15) is 9.59 Å². The molecule has 1 saturated heterocycles. The summed E-state index contributed by atoms with van der Waals surface area (Å²) < 4.78 is 10.7. The fourth-order valence-corrected chi connectivity index (χ4v) is 3.31. The summed E-state index contributed by atoms with van der Waals surface area (Å²) in [4.78, 5) is 26.3. The number of ether oxygens (including phenoxy) is 2. The molecule has 28 heavy (non-hydrogen) atoms. The van der Waals surface area contributed by atoms with Gasteiger partial charge in [-0.3, -0.25) is 9.69 Å². The zero-order chi connectivity index (χ0) is 20.1. The third-order valence-corrected chi connectivity index (χ3v) is 5.14. The summed E-state index contributed by atoms with van der Waals surface area (Å²) >= 11 is 6.05. The number of imide groups is 1. The summed E-state index contributed by atoms with van der Waals surface area (Å²) in [6.45, 7) is 2.09. The number of halogens is 1. The predicted octanol–water partition coefficient (Wildman–Crippen LogP) is 3.67. The highest BCUT2D eigenvalue weighted by Crippen LogP contribution is 2.25. The monoisotopic (exact) mass is 402 g/mol. The number of rotatable bonds is 8. The molecule has 1 N–H and O–H groups in total. The van der Waals surface area contributed by atoms with Crippen LogP contribution in [-0.4, -0.2) is 42.6 Å². The SMILES string of the molecule is COc1ccc(CC[C@]2(C)NC(=O)N(CCOc3ccccc3Cl)C2=O)cc1. The van der Waals surface area contributed by atoms with Gasteiger partial charge >= 0.3 is 6.03 Å². The van der Waals surface area contributed by atoms with E-state index >= 15 is 0 Å². The minimum atomic E-state index is -0.929. The number of nitrogens with one attached hydrogen (secondary N) is 1. The van der Waals surface area contributed by atoms with Crippen LogP contribution >= 0.6 is 11.6 Å². The van der Waals surface area contributed by atoms with Crippen LogP contribution in [0.2, 0.25) is 5.02 Å². The van der Waals surface area contributed by atoms with Crippen molar-refractivity contribution in [1.29, 1.82) is 0 Å². The second kappa shape index (κ2) is 8.52. The van der Waals surface area contributed by atoms with Gasteiger partial charge in [0.2, 0.25) is 0 Å². The van der Waals surface area contributed by atoms with E-state index in [4.69, 9.17) is 21.1 Å². The summed E-state index contributed by atoms with van der Waals surface area (Å²) in [5.74, 6) is 1.07. The van der Waals surface area contributed by atoms with Crippen molar-refractivity contribution < 1.29 is 19.1 Å². The van der Waals surface area contributed by atoms with Crippen molar-refractivity contribution in [1.82, 2.24) is 10.2 Å². The Labute approximate surface area is 169 Å². The summed E-state index contributed by atoms with van der Waals surface area (Å²) in [5.41, 5.74) is 0.145. The van der Waals surface area contributed by atoms with Crippen LogP contribution in [0.25, 0.3) is 0 Å². The van der Waals surface area contributed by atoms with E-state index in [0.717, 1.165) is 11.3 Å². The number of aryl methyl sites for hydroxylation is 1. The summed E-state index contributed by atoms with van der Waals surface area (Å²) in [6.07, 6.45) is 1.17. The molecule has 0 aromatic heterocycles. The fraction of sp³-hybridized carbons (Fsp3) is 0.333. The van der Waals surface area contributed by atoms with Gasteiger partial charge in [0.25, 0.3) is 5.91 Å². The Morgan fingerprint density at radius 3 is 2.50 bits per heavy atom. The number of carbonyl (C=O) groups is 2. The maximum atomic E-state index is 12.8. The van der Waals surface area contributed by atoms with E-state index in [2.05, 4.69) is 5.32 Å². The molecule has 3 rings (SSSR count). The topological polar surface area (TPSA) is 67.9 Å². The lowest BCUT2D eigenvalue weighted by Gasteiger charge is -2.21. The Bertz CT molecular complexity index is 856. The van der Waals surface area contributed by atoms with Gasteiger partial charge in [-0.2, -0.15) is 0 Å². The third-order valence-electron chi connectivity index (χ3n) is 4.83. The molecule has 6 nitrogen and oxygen atoms in total. The number of methoxy groups -OCH3 is 1. The van der Waals surface area contributed by atoms with Gasteiger partial charge in [0.1, 0.15) is 23.6 Å². The van der Waals surface area contributed by atoms with Gasteiger partial charge in [-0.15, -0.1) is 0 Å². The van der Waals surface area contributed by atoms with Crippen molar-refractivity contribution in [2.45, 2.75) is 25.3 Å². The van der Waals surface area contributed by atoms with Crippen LogP contribution in [-0.2, 0) is 11.2 Å². The third kappa shape index (κ3) is 4.39. The number of urea groups is 1. The summed E-state index contributed by atoms with van der Waals surface area (Å²) in [7, 11) is 1.62. The van der Waals surface area contributed by atoms with Gasteiger partial charge in [0, 0.05) is 0 Å². The molecule has 1 fully saturated rings. The largest absolute Gasteiger partial charge is 0.497 e. The molecule has 0 radical (unpaired) electrons. The van der Waals surface area contributed by atoms with Gasteiger partial charge in [-0.25, -0.2) is 4.79 Å². The normalized spacial score (nSPS) is 18.9. The van der Waals surface area contributed by atoms with E-state index in [1.807, 2.05) is 30.3 Å². The first kappa shape index (κ1) is 20.0. The molecule has 2 aromatic rings. The first-order valence-electron chi connectivity index (χ1n) is 9.07. The van der Waals surface area contributed by atoms with Crippen LogP contribution in [0.4, 0.5) is 4.79 Å². The number of nitrogens with zero attached hydrogens (tertiary/aromatic N) is 1. The molecule has 3 amide bonds. The van der Waals surface area contributed by atoms with Crippen LogP contribution in [0.5, 0.6) is 11.5 Å². The Kier molecular flexibility index (Phi) is 6.09. The van der Waals surface area contributed by atoms with E-state index in [1.54, 1.807) is 32.2 Å². The molecule has 1 aliphatic heterocycles. The molecule has 0 aliphatic carbocycles. The summed E-state index contributed by atoms with van der Waals surface area (Å²) in [6, 6.07) is 14.4. The van der Waals surface area contributed by atoms with Crippen molar-refractivity contribution >= 4 is 23.5 Å². The quantitative estimate of drug-likeness (QED) is 0.684. The number of benzene rings is 2. The highest BCUT2D eigenvalue weighted by molar-refractivity contribution is 6.32. The first-order valence-corrected chi connectivity index (χ1v) is 9.45. The maximum absolute atomic E-state index is 12.8. The average Bonchev–Trinajstić information content (AvgIpc) is 2.91. The molecule has 0 saturated carbocycles. The molecule has 148 valence electrons. The van der Waals surface area contributed by atoms with Crippen LogP contribution < -0.4 is 14.8 Å². The number of para-hydroxylation sites is 1. The number of amides is 3. The van der Waals surface area contributed by atoms with Crippen molar-refractivity contribution in [2.24, 2.45) is 0 Å². The Morgan fingerprint density at radius 2 is 1.82 bits per heavy atom. The van der Waals surface area contributed by atoms with Gasteiger partial charge in [0.15, 0.2) is 0 Å². The lowest BCUT2D eigenvalue weighted by atomic mass is 9.93. The molecule has 7 heteroatoms. The number of hydrogen-bond acceptors (Lipinski definition) is 4. The fourth-order valence-electron chi connectivity index (χ4n) is 3.11. The maximum Gasteiger partial charge on any atom is 0.325 e. The molecular weight excluding hydrogens is 380 g/mol. The van der Waals surface area contributed by atoms with Gasteiger partial charge in [-0.05, 0) is 49.6 Å². The van der Waals surface area contributed by atoms with Crippen molar-refractivity contribution in [3.05, 3.63) is 59.1 Å². The molecule has 1 atom stereocenters. The minimum absolute atomic E-state index is 0.161. The molecule has 1 heterocycles. The molecule has 0 spiro atoms. The van der Waals surface area contributed by atoms with Crippen LogP contribution in [0, 0.1) is 0 Å². The second-order valence-electron chi connectivity index (χ2n) is 6.85. The second-order valence-corrected chi connectivity index (χ2v) is 7.25. The minimum Gasteiger partial charge on any atom is -0.497 e. The molecular formula is C21H23ClN2O4. The van der Waals surface area contributed by atoms with Crippen molar-refractivity contribution in [3.8, 4) is 11.5 Å². The summed E-state index contributed by atoms with van der Waals surface area (Å²) in [5, 5.41) is 3.30. The van der Waals surface area contributed by atoms with Crippen LogP contribution in [0.3, 0.4) is 0 Å². The Balaban J connectivity index is 1.56. The van der Waals surface area contributed by atoms with Gasteiger partial charge in [-0.1, -0.05) is 35.9 Å². The zero-order valence-corrected chi connectivity index (χ0v) is 16.7. The van der Waals surface area contributed by atoms with Gasteiger partial charge < -0.3 is 14.8 Å². The van der Waals surface area contributed by atoms with Crippen molar-refractivity contribution in [2.75, 3.05) is 20.3 Å². The number of hydrogen-bond donors (Lipinski definition) is 1. The van der Waals surface area contributed by atoms with E-state index in [0.29, 0.717) is 23.6 Å². The molecule has 0 unspecified atom stereocenters. The smallest absolute Gasteiger partial charge is 0.325 e. The van der Waals surface area contributed by atoms with Crippen molar-refractivity contribution in [3.63, 3.8) is 0 Å². The zero-order valence-electron chi connectivity index (χ0n) is 15.9.